The van der Waals surface area contributed by atoms with Crippen LogP contribution in [0.2, 0.25) is 0 Å². The van der Waals surface area contributed by atoms with Gasteiger partial charge in [-0.05, 0) is 31.4 Å². The summed E-state index contributed by atoms with van der Waals surface area (Å²) in [5.41, 5.74) is 0.755. The molecule has 5 nitrogen and oxygen atoms in total. The zero-order valence-electron chi connectivity index (χ0n) is 16.5. The molecule has 28 heavy (non-hydrogen) atoms. The molecule has 0 aromatic heterocycles. The Morgan fingerprint density at radius 2 is 1.29 bits per heavy atom. The topological polar surface area (TPSA) is 69.7 Å². The van der Waals surface area contributed by atoms with Crippen LogP contribution in [0.3, 0.4) is 0 Å². The second-order valence-electron chi connectivity index (χ2n) is 7.17. The van der Waals surface area contributed by atoms with Crippen molar-refractivity contribution in [3.63, 3.8) is 0 Å². The quantitative estimate of drug-likeness (QED) is 0.364. The van der Waals surface area contributed by atoms with E-state index in [0.29, 0.717) is 24.0 Å². The Labute approximate surface area is 165 Å². The summed E-state index contributed by atoms with van der Waals surface area (Å²) in [6, 6.07) is 17.0. The van der Waals surface area contributed by atoms with Gasteiger partial charge in [0.2, 0.25) is 0 Å². The maximum absolute atomic E-state index is 12.3. The van der Waals surface area contributed by atoms with E-state index in [-0.39, 0.29) is 5.92 Å². The van der Waals surface area contributed by atoms with Crippen LogP contribution < -0.4 is 0 Å². The number of esters is 2. The minimum atomic E-state index is -0.890. The lowest BCUT2D eigenvalue weighted by Gasteiger charge is -2.23. The van der Waals surface area contributed by atoms with Gasteiger partial charge in [0.05, 0.1) is 5.56 Å². The van der Waals surface area contributed by atoms with Crippen LogP contribution in [0.25, 0.3) is 0 Å². The SMILES string of the molecule is CC(C)CC(CC(C)OC(=O)c1ccccc1)OC(=O)C(=O)c1ccccc1. The van der Waals surface area contributed by atoms with Gasteiger partial charge in [0.1, 0.15) is 12.2 Å². The summed E-state index contributed by atoms with van der Waals surface area (Å²) in [4.78, 5) is 36.7. The molecule has 2 aromatic rings. The summed E-state index contributed by atoms with van der Waals surface area (Å²) in [7, 11) is 0. The van der Waals surface area contributed by atoms with Gasteiger partial charge in [0.25, 0.3) is 5.78 Å². The van der Waals surface area contributed by atoms with Gasteiger partial charge in [-0.2, -0.15) is 0 Å². The lowest BCUT2D eigenvalue weighted by Crippen LogP contribution is -2.30. The van der Waals surface area contributed by atoms with E-state index in [1.165, 1.54) is 0 Å². The van der Waals surface area contributed by atoms with Crippen molar-refractivity contribution in [2.45, 2.75) is 45.8 Å². The number of ether oxygens (including phenoxy) is 2. The van der Waals surface area contributed by atoms with Gasteiger partial charge < -0.3 is 9.47 Å². The zero-order chi connectivity index (χ0) is 20.5. The van der Waals surface area contributed by atoms with Crippen LogP contribution in [0.4, 0.5) is 0 Å². The predicted molar refractivity (Wildman–Crippen MR) is 106 cm³/mol. The Hall–Kier alpha value is -2.95. The minimum absolute atomic E-state index is 0.252. The zero-order valence-corrected chi connectivity index (χ0v) is 16.5. The molecule has 2 aromatic carbocycles. The summed E-state index contributed by atoms with van der Waals surface area (Å²) in [6.07, 6.45) is -0.0826. The number of benzene rings is 2. The molecule has 0 radical (unpaired) electrons. The number of hydrogen-bond acceptors (Lipinski definition) is 5. The molecule has 5 heteroatoms. The second kappa shape index (κ2) is 10.4. The molecular formula is C23H26O5. The molecule has 0 N–H and O–H groups in total. The van der Waals surface area contributed by atoms with E-state index in [1.807, 2.05) is 19.9 Å². The number of carbonyl (C=O) groups is 3. The third-order valence-electron chi connectivity index (χ3n) is 4.14. The van der Waals surface area contributed by atoms with Crippen molar-refractivity contribution < 1.29 is 23.9 Å². The highest BCUT2D eigenvalue weighted by atomic mass is 16.6. The molecular weight excluding hydrogens is 356 g/mol. The first-order chi connectivity index (χ1) is 13.4. The maximum atomic E-state index is 12.3. The van der Waals surface area contributed by atoms with E-state index >= 15 is 0 Å². The molecule has 0 saturated heterocycles. The number of hydrogen-bond donors (Lipinski definition) is 0. The number of carbonyl (C=O) groups excluding carboxylic acids is 3. The maximum Gasteiger partial charge on any atom is 0.379 e. The molecule has 0 amide bonds. The monoisotopic (exact) mass is 382 g/mol. The average Bonchev–Trinajstić information content (AvgIpc) is 2.68. The normalized spacial score (nSPS) is 12.9. The average molecular weight is 382 g/mol. The molecule has 0 fully saturated rings. The van der Waals surface area contributed by atoms with Crippen LogP contribution in [-0.2, 0) is 14.3 Å². The third kappa shape index (κ3) is 6.65. The fourth-order valence-electron chi connectivity index (χ4n) is 2.87. The van der Waals surface area contributed by atoms with Crippen molar-refractivity contribution >= 4 is 17.7 Å². The van der Waals surface area contributed by atoms with E-state index < -0.39 is 29.9 Å². The van der Waals surface area contributed by atoms with E-state index in [2.05, 4.69) is 0 Å². The molecule has 0 spiro atoms. The van der Waals surface area contributed by atoms with Crippen LogP contribution in [0, 0.1) is 5.92 Å². The van der Waals surface area contributed by atoms with Crippen molar-refractivity contribution in [2.24, 2.45) is 5.92 Å². The van der Waals surface area contributed by atoms with E-state index in [0.717, 1.165) is 0 Å². The third-order valence-corrected chi connectivity index (χ3v) is 4.14. The largest absolute Gasteiger partial charge is 0.459 e. The summed E-state index contributed by atoms with van der Waals surface area (Å²) < 4.78 is 10.9. The number of rotatable bonds is 9. The van der Waals surface area contributed by atoms with Crippen LogP contribution in [0.5, 0.6) is 0 Å². The van der Waals surface area contributed by atoms with Crippen LogP contribution in [-0.4, -0.2) is 29.9 Å². The van der Waals surface area contributed by atoms with Gasteiger partial charge in [-0.1, -0.05) is 62.4 Å². The van der Waals surface area contributed by atoms with Crippen LogP contribution in [0.15, 0.2) is 60.7 Å². The summed E-state index contributed by atoms with van der Waals surface area (Å²) >= 11 is 0. The molecule has 0 bridgehead atoms. The highest BCUT2D eigenvalue weighted by Gasteiger charge is 2.25. The molecule has 0 aliphatic heterocycles. The Balaban J connectivity index is 1.97. The van der Waals surface area contributed by atoms with Crippen molar-refractivity contribution in [3.05, 3.63) is 71.8 Å². The first-order valence-corrected chi connectivity index (χ1v) is 9.43. The van der Waals surface area contributed by atoms with E-state index in [9.17, 15) is 14.4 Å². The van der Waals surface area contributed by atoms with Gasteiger partial charge >= 0.3 is 11.9 Å². The molecule has 148 valence electrons. The van der Waals surface area contributed by atoms with Crippen LogP contribution >= 0.6 is 0 Å². The van der Waals surface area contributed by atoms with Gasteiger partial charge in [0.15, 0.2) is 0 Å². The van der Waals surface area contributed by atoms with Gasteiger partial charge in [-0.3, -0.25) is 4.79 Å². The molecule has 0 aliphatic carbocycles. The molecule has 2 unspecified atom stereocenters. The molecule has 0 aliphatic rings. The highest BCUT2D eigenvalue weighted by Crippen LogP contribution is 2.17. The summed E-state index contributed by atoms with van der Waals surface area (Å²) in [5.74, 6) is -1.74. The fourth-order valence-corrected chi connectivity index (χ4v) is 2.87. The first-order valence-electron chi connectivity index (χ1n) is 9.43. The lowest BCUT2D eigenvalue weighted by atomic mass is 10.0. The van der Waals surface area contributed by atoms with Crippen molar-refractivity contribution in [1.82, 2.24) is 0 Å². The van der Waals surface area contributed by atoms with Gasteiger partial charge in [-0.15, -0.1) is 0 Å². The highest BCUT2D eigenvalue weighted by molar-refractivity contribution is 6.40. The molecule has 2 rings (SSSR count). The number of Topliss-reactive ketones (excluding diaryl/α,β-unsaturated/α-hetero) is 1. The van der Waals surface area contributed by atoms with E-state index in [1.54, 1.807) is 61.5 Å². The Kier molecular flexibility index (Phi) is 7.93. The van der Waals surface area contributed by atoms with Gasteiger partial charge in [0, 0.05) is 12.0 Å². The molecule has 2 atom stereocenters. The van der Waals surface area contributed by atoms with Crippen molar-refractivity contribution in [2.75, 3.05) is 0 Å². The van der Waals surface area contributed by atoms with Crippen LogP contribution in [0.1, 0.15) is 54.3 Å². The van der Waals surface area contributed by atoms with Gasteiger partial charge in [-0.25, -0.2) is 9.59 Å². The minimum Gasteiger partial charge on any atom is -0.459 e. The Morgan fingerprint density at radius 3 is 1.82 bits per heavy atom. The Bertz CT molecular complexity index is 783. The lowest BCUT2D eigenvalue weighted by molar-refractivity contribution is -0.145. The van der Waals surface area contributed by atoms with Crippen molar-refractivity contribution in [1.29, 1.82) is 0 Å². The first kappa shape index (κ1) is 21.4. The second-order valence-corrected chi connectivity index (χ2v) is 7.17. The summed E-state index contributed by atoms with van der Waals surface area (Å²) in [5, 5.41) is 0. The van der Waals surface area contributed by atoms with E-state index in [4.69, 9.17) is 9.47 Å². The standard InChI is InChI=1S/C23H26O5/c1-16(2)14-20(28-23(26)21(24)18-10-6-4-7-11-18)15-17(3)27-22(25)19-12-8-5-9-13-19/h4-13,16-17,20H,14-15H2,1-3H3. The number of ketones is 1. The summed E-state index contributed by atoms with van der Waals surface area (Å²) in [6.45, 7) is 5.75. The smallest absolute Gasteiger partial charge is 0.379 e. The molecule has 0 heterocycles. The molecule has 0 saturated carbocycles. The fraction of sp³-hybridized carbons (Fsp3) is 0.348. The van der Waals surface area contributed by atoms with Crippen molar-refractivity contribution in [3.8, 4) is 0 Å². The predicted octanol–water partition coefficient (Wildman–Crippen LogP) is 4.46. The Morgan fingerprint density at radius 1 is 0.750 bits per heavy atom.